The van der Waals surface area contributed by atoms with E-state index in [-0.39, 0.29) is 24.5 Å². The van der Waals surface area contributed by atoms with E-state index < -0.39 is 6.10 Å². The van der Waals surface area contributed by atoms with Crippen LogP contribution in [0.25, 0.3) is 0 Å². The summed E-state index contributed by atoms with van der Waals surface area (Å²) in [5.41, 5.74) is 0. The zero-order chi connectivity index (χ0) is 13.5. The summed E-state index contributed by atoms with van der Waals surface area (Å²) in [6, 6.07) is 0.134. The van der Waals surface area contributed by atoms with Crippen LogP contribution >= 0.6 is 0 Å². The summed E-state index contributed by atoms with van der Waals surface area (Å²) in [4.78, 5) is 25.0. The summed E-state index contributed by atoms with van der Waals surface area (Å²) >= 11 is 0. The molecule has 1 unspecified atom stereocenters. The van der Waals surface area contributed by atoms with Crippen molar-refractivity contribution in [1.82, 2.24) is 10.2 Å². The lowest BCUT2D eigenvalue weighted by Crippen LogP contribution is -2.49. The van der Waals surface area contributed by atoms with Crippen molar-refractivity contribution in [2.45, 2.75) is 31.9 Å². The largest absolute Gasteiger partial charge is 0.375 e. The number of nitrogens with one attached hydrogen (secondary N) is 1. The van der Waals surface area contributed by atoms with Crippen LogP contribution in [0.15, 0.2) is 0 Å². The van der Waals surface area contributed by atoms with Gasteiger partial charge in [-0.3, -0.25) is 9.59 Å². The van der Waals surface area contributed by atoms with Gasteiger partial charge in [-0.2, -0.15) is 0 Å². The number of hydrogen-bond donors (Lipinski definition) is 1. The number of hydrogen-bond acceptors (Lipinski definition) is 4. The van der Waals surface area contributed by atoms with Crippen molar-refractivity contribution < 1.29 is 19.1 Å². The number of ether oxygens (including phenoxy) is 2. The van der Waals surface area contributed by atoms with Gasteiger partial charge in [-0.15, -0.1) is 0 Å². The Balaban J connectivity index is 2.32. The van der Waals surface area contributed by atoms with Crippen molar-refractivity contribution in [1.29, 1.82) is 0 Å². The van der Waals surface area contributed by atoms with Gasteiger partial charge in [0.25, 0.3) is 5.91 Å². The van der Waals surface area contributed by atoms with E-state index in [0.717, 1.165) is 12.8 Å². The molecule has 6 heteroatoms. The molecule has 18 heavy (non-hydrogen) atoms. The van der Waals surface area contributed by atoms with Gasteiger partial charge in [0, 0.05) is 33.4 Å². The van der Waals surface area contributed by atoms with Crippen LogP contribution in [0.2, 0.25) is 0 Å². The van der Waals surface area contributed by atoms with Crippen molar-refractivity contribution >= 4 is 11.8 Å². The molecule has 1 fully saturated rings. The fourth-order valence-electron chi connectivity index (χ4n) is 2.00. The maximum absolute atomic E-state index is 11.9. The fourth-order valence-corrected chi connectivity index (χ4v) is 2.00. The van der Waals surface area contributed by atoms with Crippen molar-refractivity contribution in [3.8, 4) is 0 Å². The second-order valence-corrected chi connectivity index (χ2v) is 4.48. The smallest absolute Gasteiger partial charge is 0.251 e. The Morgan fingerprint density at radius 1 is 1.33 bits per heavy atom. The summed E-state index contributed by atoms with van der Waals surface area (Å²) in [5, 5.41) is 2.89. The molecular weight excluding hydrogens is 236 g/mol. The Bertz CT molecular complexity index is 288. The lowest BCUT2D eigenvalue weighted by atomic mass is 10.0. The molecule has 1 aliphatic rings. The number of piperidine rings is 1. The lowest BCUT2D eigenvalue weighted by Gasteiger charge is -2.33. The predicted molar refractivity (Wildman–Crippen MR) is 66.1 cm³/mol. The van der Waals surface area contributed by atoms with Gasteiger partial charge in [0.1, 0.15) is 12.7 Å². The number of nitrogens with zero attached hydrogens (tertiary/aromatic N) is 1. The molecule has 0 spiro atoms. The first kappa shape index (κ1) is 14.9. The Labute approximate surface area is 108 Å². The van der Waals surface area contributed by atoms with Crippen LogP contribution in [0.3, 0.4) is 0 Å². The van der Waals surface area contributed by atoms with E-state index in [2.05, 4.69) is 5.32 Å². The summed E-state index contributed by atoms with van der Waals surface area (Å²) < 4.78 is 9.77. The molecule has 104 valence electrons. The van der Waals surface area contributed by atoms with Gasteiger partial charge in [-0.1, -0.05) is 0 Å². The molecule has 2 amide bonds. The second-order valence-electron chi connectivity index (χ2n) is 4.48. The third-order valence-corrected chi connectivity index (χ3v) is 3.15. The first-order valence-corrected chi connectivity index (χ1v) is 6.18. The highest BCUT2D eigenvalue weighted by molar-refractivity contribution is 5.80. The van der Waals surface area contributed by atoms with Gasteiger partial charge in [-0.25, -0.2) is 0 Å². The normalized spacial score (nSPS) is 18.5. The minimum Gasteiger partial charge on any atom is -0.375 e. The van der Waals surface area contributed by atoms with Gasteiger partial charge in [0.05, 0.1) is 0 Å². The maximum Gasteiger partial charge on any atom is 0.251 e. The topological polar surface area (TPSA) is 67.9 Å². The summed E-state index contributed by atoms with van der Waals surface area (Å²) in [7, 11) is 3.02. The molecule has 0 bridgehead atoms. The number of carbonyl (C=O) groups excluding carboxylic acids is 2. The highest BCUT2D eigenvalue weighted by Crippen LogP contribution is 2.12. The molecule has 0 aromatic rings. The molecule has 1 atom stereocenters. The van der Waals surface area contributed by atoms with Gasteiger partial charge in [0.2, 0.25) is 5.91 Å². The first-order valence-electron chi connectivity index (χ1n) is 6.18. The van der Waals surface area contributed by atoms with E-state index in [4.69, 9.17) is 9.47 Å². The number of methoxy groups -OCH3 is 2. The Hall–Kier alpha value is -1.14. The Kier molecular flexibility index (Phi) is 6.07. The maximum atomic E-state index is 11.9. The number of carbonyl (C=O) groups is 2. The average Bonchev–Trinajstić information content (AvgIpc) is 2.38. The number of rotatable bonds is 5. The van der Waals surface area contributed by atoms with Crippen molar-refractivity contribution in [3.05, 3.63) is 0 Å². The molecule has 1 rings (SSSR count). The highest BCUT2D eigenvalue weighted by Gasteiger charge is 2.26. The van der Waals surface area contributed by atoms with E-state index in [0.29, 0.717) is 13.1 Å². The molecule has 1 aliphatic heterocycles. The van der Waals surface area contributed by atoms with Crippen LogP contribution in [-0.4, -0.2) is 62.8 Å². The molecule has 0 aromatic heterocycles. The quantitative estimate of drug-likeness (QED) is 0.740. The van der Waals surface area contributed by atoms with Crippen LogP contribution in [0.1, 0.15) is 19.8 Å². The van der Waals surface area contributed by atoms with E-state index in [9.17, 15) is 9.59 Å². The van der Waals surface area contributed by atoms with E-state index in [1.165, 1.54) is 14.2 Å². The van der Waals surface area contributed by atoms with Crippen LogP contribution < -0.4 is 5.32 Å². The second kappa shape index (κ2) is 7.33. The van der Waals surface area contributed by atoms with Crippen LogP contribution in [0.5, 0.6) is 0 Å². The molecule has 1 N–H and O–H groups in total. The first-order chi connectivity index (χ1) is 8.58. The molecule has 0 aromatic carbocycles. The molecule has 0 saturated carbocycles. The highest BCUT2D eigenvalue weighted by atomic mass is 16.5. The zero-order valence-electron chi connectivity index (χ0n) is 11.3. The molecule has 6 nitrogen and oxygen atoms in total. The zero-order valence-corrected chi connectivity index (χ0v) is 11.3. The van der Waals surface area contributed by atoms with Crippen molar-refractivity contribution in [2.24, 2.45) is 0 Å². The summed E-state index contributed by atoms with van der Waals surface area (Å²) in [6.45, 7) is 3.14. The van der Waals surface area contributed by atoms with Crippen LogP contribution in [-0.2, 0) is 19.1 Å². The molecule has 0 aliphatic carbocycles. The van der Waals surface area contributed by atoms with Crippen LogP contribution in [0, 0.1) is 0 Å². The predicted octanol–water partition coefficient (Wildman–Crippen LogP) is -0.225. The standard InChI is InChI=1S/C12H22N2O4/c1-9(18-3)12(16)14-6-4-10(5-7-14)13-11(15)8-17-2/h9-10H,4-8H2,1-3H3,(H,13,15). The average molecular weight is 258 g/mol. The number of likely N-dealkylation sites (tertiary alicyclic amines) is 1. The van der Waals surface area contributed by atoms with Crippen molar-refractivity contribution in [2.75, 3.05) is 33.9 Å². The third-order valence-electron chi connectivity index (χ3n) is 3.15. The van der Waals surface area contributed by atoms with E-state index >= 15 is 0 Å². The van der Waals surface area contributed by atoms with E-state index in [1.807, 2.05) is 0 Å². The number of amides is 2. The van der Waals surface area contributed by atoms with Gasteiger partial charge < -0.3 is 19.7 Å². The van der Waals surface area contributed by atoms with Crippen LogP contribution in [0.4, 0.5) is 0 Å². The van der Waals surface area contributed by atoms with Gasteiger partial charge in [0.15, 0.2) is 0 Å². The SMILES string of the molecule is COCC(=O)NC1CCN(C(=O)C(C)OC)CC1. The minimum absolute atomic E-state index is 0.0131. The summed E-state index contributed by atoms with van der Waals surface area (Å²) in [5.74, 6) is -0.0910. The van der Waals surface area contributed by atoms with Gasteiger partial charge in [-0.05, 0) is 19.8 Å². The Morgan fingerprint density at radius 2 is 1.94 bits per heavy atom. The third kappa shape index (κ3) is 4.27. The fraction of sp³-hybridized carbons (Fsp3) is 0.833. The molecule has 1 saturated heterocycles. The molecule has 1 heterocycles. The molecule has 0 radical (unpaired) electrons. The molecular formula is C12H22N2O4. The van der Waals surface area contributed by atoms with E-state index in [1.54, 1.807) is 11.8 Å². The summed E-state index contributed by atoms with van der Waals surface area (Å²) in [6.07, 6.45) is 1.15. The van der Waals surface area contributed by atoms with Crippen molar-refractivity contribution in [3.63, 3.8) is 0 Å². The monoisotopic (exact) mass is 258 g/mol. The van der Waals surface area contributed by atoms with Gasteiger partial charge >= 0.3 is 0 Å². The Morgan fingerprint density at radius 3 is 2.44 bits per heavy atom. The minimum atomic E-state index is -0.398. The lowest BCUT2D eigenvalue weighted by molar-refractivity contribution is -0.142.